The SMILES string of the molecule is COc1cc(-c2ccc3c(c2NC(=O)NON2CC4CCN(C)C4C2)CCC3)ccn1. The molecule has 1 aliphatic carbocycles. The van der Waals surface area contributed by atoms with Crippen LogP contribution in [0, 0.1) is 5.92 Å². The molecule has 2 aliphatic heterocycles. The number of hydrogen-bond acceptors (Lipinski definition) is 6. The minimum atomic E-state index is -0.368. The van der Waals surface area contributed by atoms with E-state index in [9.17, 15) is 4.79 Å². The second kappa shape index (κ2) is 8.45. The third-order valence-electron chi connectivity index (χ3n) is 6.84. The highest BCUT2D eigenvalue weighted by molar-refractivity contribution is 5.96. The van der Waals surface area contributed by atoms with Crippen LogP contribution in [0.5, 0.6) is 5.88 Å². The molecular formula is C23H29N5O3. The van der Waals surface area contributed by atoms with Gasteiger partial charge in [0.25, 0.3) is 0 Å². The fourth-order valence-corrected chi connectivity index (χ4v) is 5.19. The predicted octanol–water partition coefficient (Wildman–Crippen LogP) is 2.85. The Hall–Kier alpha value is -2.68. The van der Waals surface area contributed by atoms with E-state index in [2.05, 4.69) is 39.9 Å². The monoisotopic (exact) mass is 423 g/mol. The molecule has 0 bridgehead atoms. The van der Waals surface area contributed by atoms with E-state index in [0.29, 0.717) is 17.8 Å². The van der Waals surface area contributed by atoms with Crippen LogP contribution >= 0.6 is 0 Å². The number of hydrogen-bond donors (Lipinski definition) is 2. The van der Waals surface area contributed by atoms with Gasteiger partial charge in [0.05, 0.1) is 12.8 Å². The average molecular weight is 424 g/mol. The lowest BCUT2D eigenvalue weighted by molar-refractivity contribution is -0.184. The van der Waals surface area contributed by atoms with Crippen LogP contribution in [-0.4, -0.2) is 60.8 Å². The number of carbonyl (C=O) groups is 1. The first-order valence-electron chi connectivity index (χ1n) is 11.0. The molecule has 31 heavy (non-hydrogen) atoms. The standard InChI is InChI=1S/C23H29N5O3/c1-27-11-9-17-13-28(14-20(17)27)31-26-23(29)25-22-18-5-3-4-15(18)6-7-19(22)16-8-10-24-21(12-16)30-2/h6-8,10,12,17,20H,3-5,9,11,13-14H2,1-2H3,(H2,25,26,29). The highest BCUT2D eigenvalue weighted by Gasteiger charge is 2.40. The molecule has 2 fully saturated rings. The highest BCUT2D eigenvalue weighted by Crippen LogP contribution is 2.38. The number of methoxy groups -OCH3 is 1. The molecule has 1 aromatic carbocycles. The van der Waals surface area contributed by atoms with Gasteiger partial charge in [-0.15, -0.1) is 0 Å². The van der Waals surface area contributed by atoms with Gasteiger partial charge >= 0.3 is 6.03 Å². The Morgan fingerprint density at radius 3 is 2.97 bits per heavy atom. The average Bonchev–Trinajstić information content (AvgIpc) is 3.50. The number of rotatable bonds is 5. The predicted molar refractivity (Wildman–Crippen MR) is 118 cm³/mol. The quantitative estimate of drug-likeness (QED) is 0.720. The van der Waals surface area contributed by atoms with Gasteiger partial charge in [0, 0.05) is 37.0 Å². The number of fused-ring (bicyclic) bond motifs is 2. The molecule has 3 heterocycles. The molecular weight excluding hydrogens is 394 g/mol. The number of ether oxygens (including phenoxy) is 1. The van der Waals surface area contributed by atoms with Crippen LogP contribution in [0.3, 0.4) is 0 Å². The fourth-order valence-electron chi connectivity index (χ4n) is 5.19. The van der Waals surface area contributed by atoms with E-state index in [0.717, 1.165) is 55.7 Å². The summed E-state index contributed by atoms with van der Waals surface area (Å²) in [7, 11) is 3.75. The number of aromatic nitrogens is 1. The molecule has 5 rings (SSSR count). The number of likely N-dealkylation sites (tertiary alicyclic amines) is 1. The van der Waals surface area contributed by atoms with Gasteiger partial charge in [-0.25, -0.2) is 9.78 Å². The summed E-state index contributed by atoms with van der Waals surface area (Å²) in [6.45, 7) is 2.79. The number of nitrogens with one attached hydrogen (secondary N) is 2. The summed E-state index contributed by atoms with van der Waals surface area (Å²) in [6, 6.07) is 8.17. The molecule has 2 amide bonds. The third kappa shape index (κ3) is 3.98. The normalized spacial score (nSPS) is 22.9. The zero-order valence-corrected chi connectivity index (χ0v) is 18.1. The van der Waals surface area contributed by atoms with Crippen molar-refractivity contribution in [1.82, 2.24) is 20.4 Å². The molecule has 164 valence electrons. The van der Waals surface area contributed by atoms with Crippen molar-refractivity contribution in [2.45, 2.75) is 31.7 Å². The summed E-state index contributed by atoms with van der Waals surface area (Å²) in [5.74, 6) is 1.15. The van der Waals surface area contributed by atoms with E-state index < -0.39 is 0 Å². The van der Waals surface area contributed by atoms with Gasteiger partial charge in [0.15, 0.2) is 0 Å². The number of amides is 2. The van der Waals surface area contributed by atoms with Crippen LogP contribution in [0.25, 0.3) is 11.1 Å². The van der Waals surface area contributed by atoms with Gasteiger partial charge in [-0.2, -0.15) is 15.5 Å². The van der Waals surface area contributed by atoms with Crippen LogP contribution in [0.15, 0.2) is 30.5 Å². The minimum absolute atomic E-state index is 0.368. The summed E-state index contributed by atoms with van der Waals surface area (Å²) in [4.78, 5) is 25.0. The molecule has 0 spiro atoms. The van der Waals surface area contributed by atoms with Crippen molar-refractivity contribution in [1.29, 1.82) is 0 Å². The fraction of sp³-hybridized carbons (Fsp3) is 0.478. The van der Waals surface area contributed by atoms with Crippen LogP contribution in [-0.2, 0) is 17.8 Å². The number of hydroxylamine groups is 3. The van der Waals surface area contributed by atoms with E-state index in [1.165, 1.54) is 17.5 Å². The minimum Gasteiger partial charge on any atom is -0.481 e. The molecule has 8 nitrogen and oxygen atoms in total. The maximum atomic E-state index is 12.8. The molecule has 3 aliphatic rings. The van der Waals surface area contributed by atoms with Crippen molar-refractivity contribution < 1.29 is 14.5 Å². The molecule has 2 N–H and O–H groups in total. The summed E-state index contributed by atoms with van der Waals surface area (Å²) >= 11 is 0. The van der Waals surface area contributed by atoms with Gasteiger partial charge in [0.1, 0.15) is 0 Å². The van der Waals surface area contributed by atoms with E-state index >= 15 is 0 Å². The number of benzene rings is 1. The Balaban J connectivity index is 1.31. The molecule has 0 saturated carbocycles. The van der Waals surface area contributed by atoms with Crippen LogP contribution in [0.4, 0.5) is 10.5 Å². The smallest absolute Gasteiger partial charge is 0.344 e. The van der Waals surface area contributed by atoms with Gasteiger partial charge in [0.2, 0.25) is 5.88 Å². The maximum Gasteiger partial charge on any atom is 0.344 e. The first-order chi connectivity index (χ1) is 15.1. The van der Waals surface area contributed by atoms with Gasteiger partial charge in [-0.05, 0) is 68.0 Å². The van der Waals surface area contributed by atoms with Gasteiger partial charge in [-0.1, -0.05) is 12.1 Å². The highest BCUT2D eigenvalue weighted by atomic mass is 16.8. The molecule has 2 aromatic rings. The zero-order valence-electron chi connectivity index (χ0n) is 18.1. The van der Waals surface area contributed by atoms with Crippen molar-refractivity contribution >= 4 is 11.7 Å². The van der Waals surface area contributed by atoms with Crippen molar-refractivity contribution in [2.24, 2.45) is 5.92 Å². The Labute approximate surface area is 182 Å². The topological polar surface area (TPSA) is 79.0 Å². The van der Waals surface area contributed by atoms with Crippen LogP contribution in [0.2, 0.25) is 0 Å². The molecule has 8 heteroatoms. The van der Waals surface area contributed by atoms with Crippen molar-refractivity contribution in [2.75, 3.05) is 39.1 Å². The van der Waals surface area contributed by atoms with E-state index in [4.69, 9.17) is 9.68 Å². The zero-order chi connectivity index (χ0) is 21.4. The van der Waals surface area contributed by atoms with Crippen molar-refractivity contribution in [3.05, 3.63) is 41.6 Å². The van der Waals surface area contributed by atoms with Crippen LogP contribution in [0.1, 0.15) is 24.0 Å². The second-order valence-electron chi connectivity index (χ2n) is 8.66. The third-order valence-corrected chi connectivity index (χ3v) is 6.84. The Morgan fingerprint density at radius 1 is 1.23 bits per heavy atom. The first-order valence-corrected chi connectivity index (χ1v) is 11.0. The Morgan fingerprint density at radius 2 is 2.13 bits per heavy atom. The summed E-state index contributed by atoms with van der Waals surface area (Å²) in [5, 5.41) is 4.91. The number of likely N-dealkylation sites (N-methyl/N-ethyl adjacent to an activating group) is 1. The summed E-state index contributed by atoms with van der Waals surface area (Å²) < 4.78 is 5.28. The first kappa shape index (κ1) is 20.2. The number of urea groups is 1. The van der Waals surface area contributed by atoms with Gasteiger partial charge < -0.3 is 15.0 Å². The number of carbonyl (C=O) groups excluding carboxylic acids is 1. The lowest BCUT2D eigenvalue weighted by Gasteiger charge is -2.21. The Bertz CT molecular complexity index is 982. The number of nitrogens with zero attached hydrogens (tertiary/aromatic N) is 3. The molecule has 1 aromatic heterocycles. The van der Waals surface area contributed by atoms with E-state index in [-0.39, 0.29) is 6.03 Å². The lowest BCUT2D eigenvalue weighted by Crippen LogP contribution is -2.38. The molecule has 2 saturated heterocycles. The van der Waals surface area contributed by atoms with E-state index in [1.807, 2.05) is 17.2 Å². The van der Waals surface area contributed by atoms with E-state index in [1.54, 1.807) is 13.3 Å². The van der Waals surface area contributed by atoms with Crippen molar-refractivity contribution in [3.8, 4) is 17.0 Å². The summed E-state index contributed by atoms with van der Waals surface area (Å²) in [6.07, 6.45) is 5.98. The number of anilines is 1. The molecule has 2 unspecified atom stereocenters. The van der Waals surface area contributed by atoms with Gasteiger partial charge in [-0.3, -0.25) is 0 Å². The van der Waals surface area contributed by atoms with Crippen molar-refractivity contribution in [3.63, 3.8) is 0 Å². The largest absolute Gasteiger partial charge is 0.481 e. The molecule has 0 radical (unpaired) electrons. The number of aryl methyl sites for hydroxylation is 1. The summed E-state index contributed by atoms with van der Waals surface area (Å²) in [5.41, 5.74) is 7.81. The second-order valence-corrected chi connectivity index (χ2v) is 8.66. The Kier molecular flexibility index (Phi) is 5.52. The van der Waals surface area contributed by atoms with Crippen LogP contribution < -0.4 is 15.5 Å². The molecule has 2 atom stereocenters. The lowest BCUT2D eigenvalue weighted by atomic mass is 9.98. The number of pyridine rings is 1. The maximum absolute atomic E-state index is 12.8.